The van der Waals surface area contributed by atoms with E-state index in [4.69, 9.17) is 31.3 Å². The summed E-state index contributed by atoms with van der Waals surface area (Å²) in [4.78, 5) is 75.1. The first-order valence-corrected chi connectivity index (χ1v) is 24.5. The highest BCUT2D eigenvalue weighted by molar-refractivity contribution is 6.18. The monoisotopic (exact) mass is 1040 g/mol. The molecule has 0 aliphatic rings. The summed E-state index contributed by atoms with van der Waals surface area (Å²) in [6, 6.07) is 0. The largest absolute Gasteiger partial charge is 0.466 e. The van der Waals surface area contributed by atoms with Crippen molar-refractivity contribution in [3.8, 4) is 0 Å². The lowest BCUT2D eigenvalue weighted by molar-refractivity contribution is -0.171. The molecule has 20 heteroatoms. The zero-order valence-corrected chi connectivity index (χ0v) is 48.5. The molecule has 0 aromatic carbocycles. The molecule has 0 amide bonds. The molecular formula is C49H102Cl2N4O14. The van der Waals surface area contributed by atoms with E-state index >= 15 is 0 Å². The Morgan fingerprint density at radius 1 is 0.478 bits per heavy atom. The maximum absolute atomic E-state index is 11.9. The molecule has 0 unspecified atom stereocenters. The van der Waals surface area contributed by atoms with Crippen LogP contribution in [0.5, 0.6) is 0 Å². The summed E-state index contributed by atoms with van der Waals surface area (Å²) in [5.74, 6) is -3.25. The Morgan fingerprint density at radius 2 is 0.768 bits per heavy atom. The smallest absolute Gasteiger partial charge is 0.323 e. The van der Waals surface area contributed by atoms with Crippen molar-refractivity contribution < 1.29 is 67.4 Å². The number of ether oxygens (including phenoxy) is 6. The SMILES string of the molecule is CCC(C)(CC)CCN(C)C.CCOC(=O)C(C)(CCN(C)C)C(=O)OCC.CCOC(=O)C(C)C(=O)OCC.CCOC(=O)CC(=O)OCC.CN(C)CCC(C)(CO)CO.CN(C)CCCl.Cl. The molecule has 0 spiro atoms. The van der Waals surface area contributed by atoms with E-state index in [0.29, 0.717) is 18.4 Å². The highest BCUT2D eigenvalue weighted by atomic mass is 35.5. The topological polar surface area (TPSA) is 211 Å². The Bertz CT molecular complexity index is 1190. The average molecular weight is 1040 g/mol. The zero-order valence-electron chi connectivity index (χ0n) is 46.9. The number of alkyl halides is 1. The number of nitrogens with zero attached hydrogens (tertiary/aromatic N) is 4. The minimum atomic E-state index is -1.21. The molecule has 2 N–H and O–H groups in total. The number of aliphatic hydroxyl groups is 2. The molecule has 0 bridgehead atoms. The lowest BCUT2D eigenvalue weighted by Crippen LogP contribution is -2.41. The summed E-state index contributed by atoms with van der Waals surface area (Å²) < 4.78 is 28.2. The van der Waals surface area contributed by atoms with Gasteiger partial charge in [0.1, 0.15) is 6.42 Å². The number of halogens is 2. The number of carbonyl (C=O) groups is 6. The highest BCUT2D eigenvalue weighted by Gasteiger charge is 2.44. The van der Waals surface area contributed by atoms with E-state index in [2.05, 4.69) is 58.7 Å². The van der Waals surface area contributed by atoms with Crippen molar-refractivity contribution >= 4 is 59.8 Å². The summed E-state index contributed by atoms with van der Waals surface area (Å²) in [6.45, 7) is 27.6. The van der Waals surface area contributed by atoms with Gasteiger partial charge < -0.3 is 58.2 Å². The number of hydrogen-bond donors (Lipinski definition) is 2. The second-order valence-electron chi connectivity index (χ2n) is 17.6. The molecule has 0 aliphatic carbocycles. The van der Waals surface area contributed by atoms with Gasteiger partial charge in [-0.15, -0.1) is 24.0 Å². The van der Waals surface area contributed by atoms with Crippen LogP contribution in [0.25, 0.3) is 0 Å². The molecule has 0 heterocycles. The van der Waals surface area contributed by atoms with Crippen LogP contribution >= 0.6 is 24.0 Å². The zero-order chi connectivity index (χ0) is 54.5. The third kappa shape index (κ3) is 49.9. The number of esters is 6. The second-order valence-corrected chi connectivity index (χ2v) is 18.0. The number of carbonyl (C=O) groups excluding carboxylic acids is 6. The molecule has 0 fully saturated rings. The van der Waals surface area contributed by atoms with E-state index in [-0.39, 0.29) is 77.1 Å². The summed E-state index contributed by atoms with van der Waals surface area (Å²) >= 11 is 5.35. The average Bonchev–Trinajstić information content (AvgIpc) is 3.27. The lowest BCUT2D eigenvalue weighted by atomic mass is 9.81. The Morgan fingerprint density at radius 3 is 1.00 bits per heavy atom. The van der Waals surface area contributed by atoms with Gasteiger partial charge in [0.25, 0.3) is 0 Å². The summed E-state index contributed by atoms with van der Waals surface area (Å²) in [6.07, 6.45) is 4.86. The maximum Gasteiger partial charge on any atom is 0.323 e. The summed E-state index contributed by atoms with van der Waals surface area (Å²) in [7, 11) is 16.0. The van der Waals surface area contributed by atoms with Gasteiger partial charge in [0.15, 0.2) is 11.3 Å². The van der Waals surface area contributed by atoms with Crippen LogP contribution in [0.3, 0.4) is 0 Å². The highest BCUT2D eigenvalue weighted by Crippen LogP contribution is 2.29. The summed E-state index contributed by atoms with van der Waals surface area (Å²) in [5.41, 5.74) is -0.954. The molecule has 0 radical (unpaired) electrons. The van der Waals surface area contributed by atoms with Crippen LogP contribution in [0, 0.1) is 22.2 Å². The first-order chi connectivity index (χ1) is 31.6. The molecule has 0 atom stereocenters. The van der Waals surface area contributed by atoms with E-state index in [1.807, 2.05) is 63.9 Å². The molecule has 0 saturated carbocycles. The lowest BCUT2D eigenvalue weighted by Gasteiger charge is -2.28. The minimum Gasteiger partial charge on any atom is -0.466 e. The van der Waals surface area contributed by atoms with Gasteiger partial charge in [0.05, 0.1) is 52.9 Å². The van der Waals surface area contributed by atoms with E-state index in [1.54, 1.807) is 48.5 Å². The Hall–Kier alpha value is -2.84. The van der Waals surface area contributed by atoms with E-state index in [1.165, 1.54) is 32.7 Å². The van der Waals surface area contributed by atoms with Crippen LogP contribution < -0.4 is 0 Å². The van der Waals surface area contributed by atoms with Gasteiger partial charge in [-0.05, 0) is 156 Å². The molecule has 416 valence electrons. The fourth-order valence-electron chi connectivity index (χ4n) is 4.46. The molecule has 0 aliphatic heterocycles. The molecule has 0 aromatic heterocycles. The van der Waals surface area contributed by atoms with E-state index in [0.717, 1.165) is 25.4 Å². The predicted octanol–water partition coefficient (Wildman–Crippen LogP) is 6.22. The van der Waals surface area contributed by atoms with Crippen LogP contribution in [0.15, 0.2) is 0 Å². The third-order valence-electron chi connectivity index (χ3n) is 10.0. The van der Waals surface area contributed by atoms with E-state index < -0.39 is 47.1 Å². The number of rotatable bonds is 27. The van der Waals surface area contributed by atoms with Gasteiger partial charge in [-0.1, -0.05) is 40.5 Å². The molecule has 0 aromatic rings. The van der Waals surface area contributed by atoms with Gasteiger partial charge >= 0.3 is 35.8 Å². The van der Waals surface area contributed by atoms with Crippen LogP contribution in [-0.4, -0.2) is 207 Å². The van der Waals surface area contributed by atoms with E-state index in [9.17, 15) is 28.8 Å². The minimum absolute atomic E-state index is 0. The van der Waals surface area contributed by atoms with Crippen LogP contribution in [-0.2, 0) is 57.2 Å². The van der Waals surface area contributed by atoms with Gasteiger partial charge in [-0.3, -0.25) is 28.8 Å². The summed E-state index contributed by atoms with van der Waals surface area (Å²) in [5, 5.41) is 17.8. The van der Waals surface area contributed by atoms with Crippen molar-refractivity contribution in [3.05, 3.63) is 0 Å². The standard InChI is InChI=1S/C12H23NO4.C10H23N.C8H19NO2.C8H14O4.C7H12O4.C4H10ClN.ClH/c1-6-16-10(14)12(3,8-9-13(4)5)11(15)17-7-2;1-6-10(3,7-2)8-9-11(4)5;1-8(6-10,7-11)4-5-9(2)3;1-4-11-7(9)6(3)8(10)12-5-2;1-3-10-6(8)5-7(9)11-4-2;1-6(2)4-3-5;/h6-9H2,1-5H3;6-9H2,1-5H3;10-11H,4-7H2,1-3H3;6H,4-5H2,1-3H3;3-5H2,1-2H3;3-4H2,1-2H3;1H. The Kier molecular flexibility index (Phi) is 58.3. The van der Waals surface area contributed by atoms with Crippen molar-refractivity contribution in [2.45, 2.75) is 122 Å². The van der Waals surface area contributed by atoms with Crippen LogP contribution in [0.1, 0.15) is 122 Å². The van der Waals surface area contributed by atoms with Crippen molar-refractivity contribution in [3.63, 3.8) is 0 Å². The number of aliphatic hydroxyl groups excluding tert-OH is 2. The second kappa shape index (κ2) is 50.1. The fraction of sp³-hybridized carbons (Fsp3) is 0.878. The van der Waals surface area contributed by atoms with Gasteiger partial charge in [0, 0.05) is 17.8 Å². The Balaban J connectivity index is -0.000000136. The fourth-order valence-corrected chi connectivity index (χ4v) is 4.79. The van der Waals surface area contributed by atoms with Crippen molar-refractivity contribution in [2.75, 3.05) is 141 Å². The van der Waals surface area contributed by atoms with Crippen molar-refractivity contribution in [2.24, 2.45) is 22.2 Å². The maximum atomic E-state index is 11.9. The predicted molar refractivity (Wildman–Crippen MR) is 279 cm³/mol. The van der Waals surface area contributed by atoms with Gasteiger partial charge in [-0.25, -0.2) is 0 Å². The normalized spacial score (nSPS) is 10.8. The molecule has 69 heavy (non-hydrogen) atoms. The molecule has 0 rings (SSSR count). The molecular weight excluding hydrogens is 939 g/mol. The Labute approximate surface area is 430 Å². The molecule has 18 nitrogen and oxygen atoms in total. The molecule has 0 saturated heterocycles. The van der Waals surface area contributed by atoms with Gasteiger partial charge in [0.2, 0.25) is 0 Å². The third-order valence-corrected chi connectivity index (χ3v) is 10.2. The van der Waals surface area contributed by atoms with Gasteiger partial charge in [-0.2, -0.15) is 0 Å². The van der Waals surface area contributed by atoms with Crippen LogP contribution in [0.2, 0.25) is 0 Å². The van der Waals surface area contributed by atoms with Crippen molar-refractivity contribution in [1.82, 2.24) is 19.6 Å². The quantitative estimate of drug-likeness (QED) is 0.0405. The first-order valence-electron chi connectivity index (χ1n) is 23.9. The first kappa shape index (κ1) is 80.3. The van der Waals surface area contributed by atoms with Crippen LogP contribution in [0.4, 0.5) is 0 Å². The van der Waals surface area contributed by atoms with Crippen molar-refractivity contribution in [1.29, 1.82) is 0 Å². The number of hydrogen-bond acceptors (Lipinski definition) is 18.